The number of hydrogen-bond acceptors (Lipinski definition) is 6. The van der Waals surface area contributed by atoms with Gasteiger partial charge in [0.15, 0.2) is 0 Å². The summed E-state index contributed by atoms with van der Waals surface area (Å²) in [6.07, 6.45) is 1.88. The number of nitrogens with zero attached hydrogens (tertiary/aromatic N) is 4. The minimum atomic E-state index is 0.254. The van der Waals surface area contributed by atoms with E-state index in [2.05, 4.69) is 25.8 Å². The lowest BCUT2D eigenvalue weighted by atomic mass is 10.2. The van der Waals surface area contributed by atoms with Gasteiger partial charge in [-0.05, 0) is 6.07 Å². The molecule has 6 nitrogen and oxygen atoms in total. The van der Waals surface area contributed by atoms with Crippen LogP contribution in [0.15, 0.2) is 18.3 Å². The number of β-amino-alcohol motifs (C(OH)–C–C–N with tert-alkyl or cyclic N) is 1. The second kappa shape index (κ2) is 7.87. The maximum absolute atomic E-state index is 9.02. The first-order valence-corrected chi connectivity index (χ1v) is 8.19. The first-order valence-electron chi connectivity index (χ1n) is 8.19. The smallest absolute Gasteiger partial charge is 0.133 e. The summed E-state index contributed by atoms with van der Waals surface area (Å²) in [5.41, 5.74) is 1.31. The van der Waals surface area contributed by atoms with Crippen molar-refractivity contribution in [1.29, 1.82) is 0 Å². The number of aliphatic hydroxyl groups is 1. The third-order valence-corrected chi connectivity index (χ3v) is 4.45. The molecule has 0 amide bonds. The van der Waals surface area contributed by atoms with Crippen LogP contribution in [-0.2, 0) is 11.3 Å². The molecule has 3 heterocycles. The number of morpholine rings is 1. The highest BCUT2D eigenvalue weighted by atomic mass is 16.5. The Morgan fingerprint density at radius 1 is 1.05 bits per heavy atom. The average Bonchev–Trinajstić information content (AvgIpc) is 2.58. The first-order chi connectivity index (χ1) is 10.9. The van der Waals surface area contributed by atoms with Crippen molar-refractivity contribution in [3.8, 4) is 0 Å². The normalized spacial score (nSPS) is 21.2. The van der Waals surface area contributed by atoms with Crippen molar-refractivity contribution in [2.45, 2.75) is 6.54 Å². The number of pyridine rings is 1. The van der Waals surface area contributed by atoms with Crippen LogP contribution in [-0.4, -0.2) is 85.5 Å². The van der Waals surface area contributed by atoms with Crippen LogP contribution in [0, 0.1) is 0 Å². The van der Waals surface area contributed by atoms with E-state index < -0.39 is 0 Å². The van der Waals surface area contributed by atoms with Gasteiger partial charge in [0.05, 0.1) is 19.8 Å². The average molecular weight is 306 g/mol. The van der Waals surface area contributed by atoms with Crippen molar-refractivity contribution in [2.75, 3.05) is 70.5 Å². The van der Waals surface area contributed by atoms with Gasteiger partial charge in [-0.3, -0.25) is 9.80 Å². The van der Waals surface area contributed by atoms with Gasteiger partial charge >= 0.3 is 0 Å². The third kappa shape index (κ3) is 3.95. The molecule has 22 heavy (non-hydrogen) atoms. The summed E-state index contributed by atoms with van der Waals surface area (Å²) >= 11 is 0. The first kappa shape index (κ1) is 15.7. The highest BCUT2D eigenvalue weighted by Crippen LogP contribution is 2.20. The molecule has 0 atom stereocenters. The molecule has 0 unspecified atom stereocenters. The van der Waals surface area contributed by atoms with Crippen LogP contribution in [0.3, 0.4) is 0 Å². The van der Waals surface area contributed by atoms with Crippen LogP contribution in [0.4, 0.5) is 5.82 Å². The number of ether oxygens (including phenoxy) is 1. The third-order valence-electron chi connectivity index (χ3n) is 4.45. The van der Waals surface area contributed by atoms with Crippen molar-refractivity contribution in [3.63, 3.8) is 0 Å². The van der Waals surface area contributed by atoms with E-state index in [4.69, 9.17) is 9.84 Å². The molecule has 1 aromatic heterocycles. The molecule has 1 N–H and O–H groups in total. The van der Waals surface area contributed by atoms with E-state index in [1.54, 1.807) is 0 Å². The Kier molecular flexibility index (Phi) is 5.61. The largest absolute Gasteiger partial charge is 0.395 e. The number of rotatable bonds is 5. The van der Waals surface area contributed by atoms with Crippen LogP contribution in [0.25, 0.3) is 0 Å². The van der Waals surface area contributed by atoms with Gasteiger partial charge in [0.25, 0.3) is 0 Å². The summed E-state index contributed by atoms with van der Waals surface area (Å²) in [6, 6.07) is 4.22. The molecular weight excluding hydrogens is 280 g/mol. The van der Waals surface area contributed by atoms with Crippen molar-refractivity contribution in [2.24, 2.45) is 0 Å². The second-order valence-corrected chi connectivity index (χ2v) is 5.93. The molecule has 3 rings (SSSR count). The van der Waals surface area contributed by atoms with Crippen molar-refractivity contribution >= 4 is 5.82 Å². The molecule has 1 aromatic rings. The molecule has 2 aliphatic rings. The zero-order chi connectivity index (χ0) is 15.2. The van der Waals surface area contributed by atoms with E-state index in [9.17, 15) is 0 Å². The molecule has 0 spiro atoms. The van der Waals surface area contributed by atoms with Crippen molar-refractivity contribution < 1.29 is 9.84 Å². The lowest BCUT2D eigenvalue weighted by Crippen LogP contribution is -2.47. The fourth-order valence-electron chi connectivity index (χ4n) is 3.17. The summed E-state index contributed by atoms with van der Waals surface area (Å²) in [4.78, 5) is 11.7. The summed E-state index contributed by atoms with van der Waals surface area (Å²) in [6.45, 7) is 9.60. The van der Waals surface area contributed by atoms with Gasteiger partial charge in [-0.2, -0.15) is 0 Å². The minimum absolute atomic E-state index is 0.254. The molecule has 0 aromatic carbocycles. The van der Waals surface area contributed by atoms with Crippen molar-refractivity contribution in [1.82, 2.24) is 14.8 Å². The SMILES string of the molecule is OCCN1CCN(Cc2cccnc2N2CCOCC2)CC1. The molecule has 2 aliphatic heterocycles. The van der Waals surface area contributed by atoms with Gasteiger partial charge in [-0.1, -0.05) is 6.07 Å². The zero-order valence-corrected chi connectivity index (χ0v) is 13.2. The van der Waals surface area contributed by atoms with Crippen LogP contribution in [0.2, 0.25) is 0 Å². The van der Waals surface area contributed by atoms with Crippen molar-refractivity contribution in [3.05, 3.63) is 23.9 Å². The summed E-state index contributed by atoms with van der Waals surface area (Å²) in [7, 11) is 0. The zero-order valence-electron chi connectivity index (χ0n) is 13.2. The Labute approximate surface area is 132 Å². The lowest BCUT2D eigenvalue weighted by Gasteiger charge is -2.35. The Bertz CT molecular complexity index is 457. The quantitative estimate of drug-likeness (QED) is 0.828. The second-order valence-electron chi connectivity index (χ2n) is 5.93. The van der Waals surface area contributed by atoms with Crippen LogP contribution >= 0.6 is 0 Å². The Morgan fingerprint density at radius 2 is 1.77 bits per heavy atom. The van der Waals surface area contributed by atoms with Gasteiger partial charge in [0.1, 0.15) is 5.82 Å². The van der Waals surface area contributed by atoms with Gasteiger partial charge in [0, 0.05) is 64.1 Å². The maximum Gasteiger partial charge on any atom is 0.133 e. The Balaban J connectivity index is 1.60. The maximum atomic E-state index is 9.02. The molecule has 0 bridgehead atoms. The number of anilines is 1. The lowest BCUT2D eigenvalue weighted by molar-refractivity contribution is 0.108. The molecule has 6 heteroatoms. The van der Waals surface area contributed by atoms with Gasteiger partial charge < -0.3 is 14.7 Å². The summed E-state index contributed by atoms with van der Waals surface area (Å²) in [5.74, 6) is 1.11. The monoisotopic (exact) mass is 306 g/mol. The molecule has 0 aliphatic carbocycles. The predicted molar refractivity (Wildman–Crippen MR) is 86.1 cm³/mol. The fourth-order valence-corrected chi connectivity index (χ4v) is 3.17. The molecule has 0 radical (unpaired) electrons. The fraction of sp³-hybridized carbons (Fsp3) is 0.688. The summed E-state index contributed by atoms with van der Waals surface area (Å²) < 4.78 is 5.44. The highest BCUT2D eigenvalue weighted by Gasteiger charge is 2.20. The van der Waals surface area contributed by atoms with Gasteiger partial charge in [-0.15, -0.1) is 0 Å². The van der Waals surface area contributed by atoms with E-state index in [-0.39, 0.29) is 6.61 Å². The standard InChI is InChI=1S/C16H26N4O2/c21-11-8-18-4-6-19(7-5-18)14-15-2-1-3-17-16(15)20-9-12-22-13-10-20/h1-3,21H,4-14H2. The number of hydrogen-bond donors (Lipinski definition) is 1. The number of aromatic nitrogens is 1. The van der Waals surface area contributed by atoms with E-state index in [1.807, 2.05) is 12.3 Å². The Morgan fingerprint density at radius 3 is 2.50 bits per heavy atom. The van der Waals surface area contributed by atoms with E-state index in [0.717, 1.165) is 71.4 Å². The molecule has 2 saturated heterocycles. The van der Waals surface area contributed by atoms with Crippen LogP contribution < -0.4 is 4.90 Å². The van der Waals surface area contributed by atoms with Crippen LogP contribution in [0.5, 0.6) is 0 Å². The number of aliphatic hydroxyl groups excluding tert-OH is 1. The highest BCUT2D eigenvalue weighted by molar-refractivity contribution is 5.47. The predicted octanol–water partition coefficient (Wildman–Crippen LogP) is 0.0281. The molecule has 122 valence electrons. The minimum Gasteiger partial charge on any atom is -0.395 e. The summed E-state index contributed by atoms with van der Waals surface area (Å²) in [5, 5.41) is 9.02. The van der Waals surface area contributed by atoms with E-state index in [0.29, 0.717) is 0 Å². The molecule has 2 fully saturated rings. The topological polar surface area (TPSA) is 52.1 Å². The van der Waals surface area contributed by atoms with Gasteiger partial charge in [-0.25, -0.2) is 4.98 Å². The number of piperazine rings is 1. The Hall–Kier alpha value is -1.21. The van der Waals surface area contributed by atoms with E-state index >= 15 is 0 Å². The van der Waals surface area contributed by atoms with E-state index in [1.165, 1.54) is 5.56 Å². The molecule has 0 saturated carbocycles. The molecular formula is C16H26N4O2. The van der Waals surface area contributed by atoms with Gasteiger partial charge in [0.2, 0.25) is 0 Å². The van der Waals surface area contributed by atoms with Crippen LogP contribution in [0.1, 0.15) is 5.56 Å².